The molecule has 2 aliphatic heterocycles. The van der Waals surface area contributed by atoms with E-state index in [0.29, 0.717) is 106 Å². The number of aliphatic hydroxyl groups excluding tert-OH is 4. The Balaban J connectivity index is 1.10. The molecule has 15 unspecified atom stereocenters. The number of piperidine rings is 2. The van der Waals surface area contributed by atoms with E-state index in [1.807, 2.05) is 0 Å². The number of carbonyl (C=O) groups excluding carboxylic acids is 2. The van der Waals surface area contributed by atoms with Crippen LogP contribution >= 0.6 is 0 Å². The van der Waals surface area contributed by atoms with E-state index in [-0.39, 0.29) is 54.4 Å². The number of carbonyl (C=O) groups is 2. The zero-order valence-corrected chi connectivity index (χ0v) is 35.7. The van der Waals surface area contributed by atoms with Crippen molar-refractivity contribution in [2.24, 2.45) is 64.9 Å². The number of nitrogens with one attached hydrogen (secondary N) is 2. The molecule has 10 nitrogen and oxygen atoms in total. The molecule has 0 radical (unpaired) electrons. The number of hydrogen-bond donors (Lipinski definition) is 7. The molecule has 2 saturated heterocycles. The van der Waals surface area contributed by atoms with Crippen molar-refractivity contribution in [2.75, 3.05) is 26.8 Å². The molecule has 0 spiro atoms. The molecule has 58 heavy (non-hydrogen) atoms. The molecule has 2 heterocycles. The maximum Gasteiger partial charge on any atom is 0.150 e. The molecule has 0 aromatic rings. The summed E-state index contributed by atoms with van der Waals surface area (Å²) >= 11 is 0. The van der Waals surface area contributed by atoms with Crippen molar-refractivity contribution in [2.45, 2.75) is 178 Å². The Bertz CT molecular complexity index is 1380. The monoisotopic (exact) mass is 810 g/mol. The molecule has 8 N–H and O–H groups in total. The van der Waals surface area contributed by atoms with E-state index in [2.05, 4.69) is 34.6 Å². The first-order chi connectivity index (χ1) is 28.1. The van der Waals surface area contributed by atoms with E-state index in [1.54, 1.807) is 7.11 Å². The molecular weight excluding hydrogens is 731 g/mol. The zero-order valence-electron chi connectivity index (χ0n) is 35.7. The predicted molar refractivity (Wildman–Crippen MR) is 227 cm³/mol. The van der Waals surface area contributed by atoms with Crippen molar-refractivity contribution in [3.8, 4) is 11.8 Å². The molecule has 5 fully saturated rings. The van der Waals surface area contributed by atoms with E-state index in [0.717, 1.165) is 51.6 Å². The molecule has 0 aromatic heterocycles. The fourth-order valence-electron chi connectivity index (χ4n) is 12.3. The third kappa shape index (κ3) is 12.9. The van der Waals surface area contributed by atoms with E-state index < -0.39 is 24.2 Å². The van der Waals surface area contributed by atoms with Gasteiger partial charge in [-0.2, -0.15) is 0 Å². The highest BCUT2D eigenvalue weighted by molar-refractivity contribution is 5.84. The van der Waals surface area contributed by atoms with Gasteiger partial charge in [-0.15, -0.1) is 0 Å². The second-order valence-electron chi connectivity index (χ2n) is 19.7. The first kappa shape index (κ1) is 45.8. The van der Waals surface area contributed by atoms with E-state index in [1.165, 1.54) is 32.1 Å². The molecule has 6 aliphatic rings. The van der Waals surface area contributed by atoms with Crippen LogP contribution in [-0.4, -0.2) is 95.4 Å². The van der Waals surface area contributed by atoms with E-state index in [9.17, 15) is 30.0 Å². The maximum absolute atomic E-state index is 13.8. The summed E-state index contributed by atoms with van der Waals surface area (Å²) in [7, 11) is 1.65. The predicted octanol–water partition coefficient (Wildman–Crippen LogP) is 5.43. The van der Waals surface area contributed by atoms with Crippen LogP contribution in [0.25, 0.3) is 0 Å². The number of fused-ring (bicyclic) bond motifs is 2. The molecule has 4 aliphatic carbocycles. The highest BCUT2D eigenvalue weighted by Crippen LogP contribution is 2.43. The molecule has 10 heteroatoms. The van der Waals surface area contributed by atoms with Gasteiger partial charge in [0.1, 0.15) is 17.5 Å². The zero-order chi connectivity index (χ0) is 41.0. The molecular formula is C48H79N3O7. The largest absolute Gasteiger partial charge is 0.396 e. The van der Waals surface area contributed by atoms with Crippen LogP contribution in [-0.2, 0) is 14.3 Å². The van der Waals surface area contributed by atoms with Crippen molar-refractivity contribution in [3.05, 3.63) is 12.2 Å². The summed E-state index contributed by atoms with van der Waals surface area (Å²) < 4.78 is 5.70. The number of Topliss-reactive ketones (excluding diaryl/α,β-unsaturated/α-hetero) is 2. The van der Waals surface area contributed by atoms with Crippen LogP contribution in [0.15, 0.2) is 12.2 Å². The number of ether oxygens (including phenoxy) is 1. The molecule has 6 rings (SSSR count). The fraction of sp³-hybridized carbons (Fsp3) is 0.875. The number of allylic oxidation sites excluding steroid dienone is 2. The molecule has 15 atom stereocenters. The van der Waals surface area contributed by atoms with E-state index in [4.69, 9.17) is 10.5 Å². The van der Waals surface area contributed by atoms with Crippen molar-refractivity contribution >= 4 is 11.6 Å². The van der Waals surface area contributed by atoms with Crippen LogP contribution in [0.2, 0.25) is 0 Å². The lowest BCUT2D eigenvalue weighted by molar-refractivity contribution is -0.125. The second kappa shape index (κ2) is 23.0. The van der Waals surface area contributed by atoms with E-state index >= 15 is 0 Å². The van der Waals surface area contributed by atoms with Crippen LogP contribution in [0.4, 0.5) is 0 Å². The Morgan fingerprint density at radius 2 is 1.71 bits per heavy atom. The van der Waals surface area contributed by atoms with Gasteiger partial charge in [-0.3, -0.25) is 9.59 Å². The lowest BCUT2D eigenvalue weighted by Gasteiger charge is -2.42. The quantitative estimate of drug-likeness (QED) is 0.0742. The highest BCUT2D eigenvalue weighted by Gasteiger charge is 2.42. The van der Waals surface area contributed by atoms with Gasteiger partial charge in [0.2, 0.25) is 0 Å². The lowest BCUT2D eigenvalue weighted by Crippen LogP contribution is -2.50. The summed E-state index contributed by atoms with van der Waals surface area (Å²) in [5, 5.41) is 51.4. The lowest BCUT2D eigenvalue weighted by atomic mass is 9.67. The minimum atomic E-state index is -0.871. The number of hydrogen-bond acceptors (Lipinski definition) is 10. The summed E-state index contributed by atoms with van der Waals surface area (Å²) in [4.78, 5) is 25.9. The van der Waals surface area contributed by atoms with Crippen LogP contribution in [0.1, 0.15) is 141 Å². The Kier molecular flexibility index (Phi) is 18.1. The van der Waals surface area contributed by atoms with Gasteiger partial charge in [0.05, 0.1) is 30.6 Å². The van der Waals surface area contributed by atoms with Gasteiger partial charge >= 0.3 is 0 Å². The normalized spacial score (nSPS) is 37.3. The first-order valence-corrected chi connectivity index (χ1v) is 23.8. The summed E-state index contributed by atoms with van der Waals surface area (Å²) in [5.41, 5.74) is 6.37. The third-order valence-corrected chi connectivity index (χ3v) is 15.8. The Morgan fingerprint density at radius 3 is 2.48 bits per heavy atom. The number of aliphatic hydroxyl groups is 4. The van der Waals surface area contributed by atoms with Gasteiger partial charge in [0.25, 0.3) is 0 Å². The standard InChI is InChI=1S/C48H79N3O7/c1-58-47-26-36-15-19-45(56)41(44(55)9-5-8-32(21-23-52)38-24-37-13-17-40(54)28-43(37)51-30-38)18-14-33(42(36)29-46(47)57)12-16-39(53)25-34(35-20-22-50-48(49)27-35)11-10-31-6-3-2-4-7-31/h10-11,31-39,41-44,46-48,50-53,55,57H,2-9,12-13,15-17,19-30,49H2,1H3. The van der Waals surface area contributed by atoms with Gasteiger partial charge < -0.3 is 41.5 Å². The fourth-order valence-corrected chi connectivity index (χ4v) is 12.3. The van der Waals surface area contributed by atoms with Crippen molar-refractivity contribution in [3.63, 3.8) is 0 Å². The number of ketones is 2. The average molecular weight is 810 g/mol. The summed E-state index contributed by atoms with van der Waals surface area (Å²) in [6.07, 6.45) is 21.3. The number of nitrogens with two attached hydrogens (primary N) is 1. The molecule has 3 saturated carbocycles. The van der Waals surface area contributed by atoms with Crippen molar-refractivity contribution in [1.82, 2.24) is 10.6 Å². The SMILES string of the molecule is COC1CC2CCC(=O)C(C(O)CCCC(CCO)C3CNC4CC(=O)CCC4C3)C#CC(CCC(O)CC(C=CC3CCCCC3)C3CCNC(N)C3)C2CC1O. The van der Waals surface area contributed by atoms with Gasteiger partial charge in [0, 0.05) is 44.9 Å². The molecule has 328 valence electrons. The Hall–Kier alpha value is -1.68. The minimum absolute atomic E-state index is 0.00595. The van der Waals surface area contributed by atoms with Gasteiger partial charge in [-0.25, -0.2) is 0 Å². The van der Waals surface area contributed by atoms with Crippen LogP contribution < -0.4 is 16.4 Å². The van der Waals surface area contributed by atoms with Crippen LogP contribution in [0, 0.1) is 71.0 Å². The maximum atomic E-state index is 13.8. The Labute approximate surface area is 349 Å². The van der Waals surface area contributed by atoms with Gasteiger partial charge in [-0.05, 0) is 157 Å². The summed E-state index contributed by atoms with van der Waals surface area (Å²) in [6.45, 7) is 1.89. The highest BCUT2D eigenvalue weighted by atomic mass is 16.5. The third-order valence-electron chi connectivity index (χ3n) is 15.8. The number of rotatable bonds is 17. The van der Waals surface area contributed by atoms with Crippen LogP contribution in [0.5, 0.6) is 0 Å². The van der Waals surface area contributed by atoms with Crippen molar-refractivity contribution < 1.29 is 34.8 Å². The van der Waals surface area contributed by atoms with Gasteiger partial charge in [-0.1, -0.05) is 49.7 Å². The van der Waals surface area contributed by atoms with Crippen LogP contribution in [0.3, 0.4) is 0 Å². The van der Waals surface area contributed by atoms with Crippen molar-refractivity contribution in [1.29, 1.82) is 0 Å². The summed E-state index contributed by atoms with van der Waals surface area (Å²) in [6, 6.07) is 0.283. The second-order valence-corrected chi connectivity index (χ2v) is 19.7. The first-order valence-electron chi connectivity index (χ1n) is 23.8. The minimum Gasteiger partial charge on any atom is -0.396 e. The number of methoxy groups -OCH3 is 1. The smallest absolute Gasteiger partial charge is 0.150 e. The average Bonchev–Trinajstić information content (AvgIpc) is 3.28. The molecule has 0 bridgehead atoms. The molecule has 0 amide bonds. The Morgan fingerprint density at radius 1 is 0.897 bits per heavy atom. The summed E-state index contributed by atoms with van der Waals surface area (Å²) in [5.74, 6) is 9.15. The van der Waals surface area contributed by atoms with Gasteiger partial charge in [0.15, 0.2) is 0 Å². The molecule has 0 aromatic carbocycles. The topological polar surface area (TPSA) is 174 Å².